The Hall–Kier alpha value is -1.56. The molecule has 1 N–H and O–H groups in total. The molecule has 26 heavy (non-hydrogen) atoms. The molecule has 1 atom stereocenters. The first-order valence-electron chi connectivity index (χ1n) is 9.87. The van der Waals surface area contributed by atoms with Crippen molar-refractivity contribution in [2.75, 3.05) is 26.2 Å². The van der Waals surface area contributed by atoms with Crippen LogP contribution in [0.2, 0.25) is 0 Å². The van der Waals surface area contributed by atoms with Gasteiger partial charge in [-0.05, 0) is 31.4 Å². The van der Waals surface area contributed by atoms with Gasteiger partial charge in [0.15, 0.2) is 0 Å². The van der Waals surface area contributed by atoms with Crippen LogP contribution in [0.4, 0.5) is 4.39 Å². The average Bonchev–Trinajstić information content (AvgIpc) is 3.17. The number of pyridine rings is 1. The first-order chi connectivity index (χ1) is 12.7. The van der Waals surface area contributed by atoms with E-state index >= 15 is 0 Å². The Kier molecular flexibility index (Phi) is 5.48. The highest BCUT2D eigenvalue weighted by molar-refractivity contribution is 5.79. The van der Waals surface area contributed by atoms with Gasteiger partial charge in [-0.3, -0.25) is 9.80 Å². The number of piperazine rings is 1. The van der Waals surface area contributed by atoms with Gasteiger partial charge in [0.05, 0.1) is 5.69 Å². The molecule has 1 aromatic heterocycles. The molecule has 1 unspecified atom stereocenters. The quantitative estimate of drug-likeness (QED) is 0.892. The lowest BCUT2D eigenvalue weighted by Crippen LogP contribution is -2.56. The number of aromatic nitrogens is 1. The Morgan fingerprint density at radius 3 is 2.77 bits per heavy atom. The molecule has 4 rings (SSSR count). The molecule has 1 aliphatic carbocycles. The lowest BCUT2D eigenvalue weighted by Gasteiger charge is -2.44. The number of hydrogen-bond acceptors (Lipinski definition) is 4. The zero-order chi connectivity index (χ0) is 17.9. The highest BCUT2D eigenvalue weighted by Gasteiger charge is 2.33. The Morgan fingerprint density at radius 1 is 1.12 bits per heavy atom. The van der Waals surface area contributed by atoms with E-state index in [0.717, 1.165) is 43.7 Å². The lowest BCUT2D eigenvalue weighted by atomic mass is 10.0. The molecular formula is C21H28FN3O. The molecule has 5 heteroatoms. The number of hydrogen-bond donors (Lipinski definition) is 1. The summed E-state index contributed by atoms with van der Waals surface area (Å²) < 4.78 is 14.0. The van der Waals surface area contributed by atoms with Crippen molar-refractivity contribution in [2.45, 2.75) is 50.7 Å². The van der Waals surface area contributed by atoms with Crippen LogP contribution in [0.3, 0.4) is 0 Å². The van der Waals surface area contributed by atoms with Crippen LogP contribution in [-0.2, 0) is 6.54 Å². The number of aliphatic hydroxyl groups excluding tert-OH is 1. The van der Waals surface area contributed by atoms with Gasteiger partial charge in [0, 0.05) is 50.3 Å². The van der Waals surface area contributed by atoms with Gasteiger partial charge < -0.3 is 5.11 Å². The molecule has 2 aliphatic rings. The van der Waals surface area contributed by atoms with Crippen LogP contribution in [0.15, 0.2) is 30.3 Å². The fraction of sp³-hybridized carbons (Fsp3) is 0.571. The fourth-order valence-electron chi connectivity index (χ4n) is 4.67. The van der Waals surface area contributed by atoms with Crippen molar-refractivity contribution in [1.82, 2.24) is 14.8 Å². The predicted molar refractivity (Wildman–Crippen MR) is 101 cm³/mol. The van der Waals surface area contributed by atoms with Crippen LogP contribution >= 0.6 is 0 Å². The van der Waals surface area contributed by atoms with E-state index in [2.05, 4.69) is 14.8 Å². The van der Waals surface area contributed by atoms with E-state index in [1.54, 1.807) is 6.07 Å². The summed E-state index contributed by atoms with van der Waals surface area (Å²) in [6.07, 6.45) is 6.10. The summed E-state index contributed by atoms with van der Waals surface area (Å²) in [4.78, 5) is 9.59. The molecular weight excluding hydrogens is 329 g/mol. The summed E-state index contributed by atoms with van der Waals surface area (Å²) in [6.45, 7) is 3.99. The van der Waals surface area contributed by atoms with Crippen molar-refractivity contribution in [3.63, 3.8) is 0 Å². The van der Waals surface area contributed by atoms with Crippen molar-refractivity contribution < 1.29 is 9.50 Å². The summed E-state index contributed by atoms with van der Waals surface area (Å²) in [5.41, 5.74) is 1.38. The summed E-state index contributed by atoms with van der Waals surface area (Å²) in [6, 6.07) is 10.2. The van der Waals surface area contributed by atoms with Crippen LogP contribution in [0.5, 0.6) is 0 Å². The third-order valence-corrected chi connectivity index (χ3v) is 5.98. The summed E-state index contributed by atoms with van der Waals surface area (Å²) in [5, 5.41) is 10.4. The molecule has 1 saturated heterocycles. The van der Waals surface area contributed by atoms with E-state index in [9.17, 15) is 9.50 Å². The van der Waals surface area contributed by atoms with Crippen LogP contribution < -0.4 is 0 Å². The number of para-hydroxylation sites is 1. The van der Waals surface area contributed by atoms with E-state index < -0.39 is 0 Å². The summed E-state index contributed by atoms with van der Waals surface area (Å²) in [5.74, 6) is -0.256. The van der Waals surface area contributed by atoms with Crippen molar-refractivity contribution >= 4 is 10.9 Å². The first-order valence-corrected chi connectivity index (χ1v) is 9.87. The third kappa shape index (κ3) is 3.75. The van der Waals surface area contributed by atoms with Gasteiger partial charge >= 0.3 is 0 Å². The normalized spacial score (nSPS) is 23.1. The molecule has 2 heterocycles. The van der Waals surface area contributed by atoms with Crippen molar-refractivity contribution in [2.24, 2.45) is 0 Å². The topological polar surface area (TPSA) is 39.6 Å². The molecule has 2 aromatic rings. The van der Waals surface area contributed by atoms with Gasteiger partial charge in [0.2, 0.25) is 0 Å². The van der Waals surface area contributed by atoms with Crippen molar-refractivity contribution in [3.8, 4) is 0 Å². The molecule has 0 radical (unpaired) electrons. The Morgan fingerprint density at radius 2 is 1.96 bits per heavy atom. The second-order valence-electron chi connectivity index (χ2n) is 7.69. The van der Waals surface area contributed by atoms with Crippen LogP contribution in [-0.4, -0.2) is 58.2 Å². The standard InChI is InChI=1S/C21H28FN3O/c22-20-7-3-4-16-8-9-17(23-21(16)20)14-24-11-12-25(18-5-1-2-6-18)19(15-24)10-13-26/h3-4,7-9,18-19,26H,1-2,5-6,10-15H2. The SMILES string of the molecule is OCCC1CN(Cc2ccc3cccc(F)c3n2)CCN1C1CCCC1. The average molecular weight is 357 g/mol. The molecule has 0 amide bonds. The fourth-order valence-corrected chi connectivity index (χ4v) is 4.67. The van der Waals surface area contributed by atoms with Crippen molar-refractivity contribution in [3.05, 3.63) is 41.8 Å². The number of benzene rings is 1. The number of halogens is 1. The molecule has 4 nitrogen and oxygen atoms in total. The second kappa shape index (κ2) is 7.99. The third-order valence-electron chi connectivity index (χ3n) is 5.98. The Labute approximate surface area is 154 Å². The number of nitrogens with zero attached hydrogens (tertiary/aromatic N) is 3. The molecule has 1 aliphatic heterocycles. The monoisotopic (exact) mass is 357 g/mol. The van der Waals surface area contributed by atoms with Gasteiger partial charge in [-0.1, -0.05) is 31.0 Å². The minimum Gasteiger partial charge on any atom is -0.396 e. The molecule has 0 spiro atoms. The van der Waals surface area contributed by atoms with Gasteiger partial charge in [-0.15, -0.1) is 0 Å². The number of aliphatic hydroxyl groups is 1. The Bertz CT molecular complexity index is 747. The minimum atomic E-state index is -0.256. The number of rotatable bonds is 5. The lowest BCUT2D eigenvalue weighted by molar-refractivity contribution is 0.0263. The van der Waals surface area contributed by atoms with Gasteiger partial charge in [-0.2, -0.15) is 0 Å². The summed E-state index contributed by atoms with van der Waals surface area (Å²) >= 11 is 0. The highest BCUT2D eigenvalue weighted by atomic mass is 19.1. The molecule has 2 fully saturated rings. The van der Waals surface area contributed by atoms with Crippen molar-refractivity contribution in [1.29, 1.82) is 0 Å². The van der Waals surface area contributed by atoms with Crippen LogP contribution in [0.25, 0.3) is 10.9 Å². The summed E-state index contributed by atoms with van der Waals surface area (Å²) in [7, 11) is 0. The number of fused-ring (bicyclic) bond motifs is 1. The molecule has 140 valence electrons. The van der Waals surface area contributed by atoms with Gasteiger partial charge in [-0.25, -0.2) is 9.37 Å². The molecule has 1 saturated carbocycles. The van der Waals surface area contributed by atoms with Gasteiger partial charge in [0.1, 0.15) is 11.3 Å². The maximum atomic E-state index is 14.0. The second-order valence-corrected chi connectivity index (χ2v) is 7.69. The maximum absolute atomic E-state index is 14.0. The van der Waals surface area contributed by atoms with Gasteiger partial charge in [0.25, 0.3) is 0 Å². The molecule has 0 bridgehead atoms. The Balaban J connectivity index is 1.46. The minimum absolute atomic E-state index is 0.237. The van der Waals surface area contributed by atoms with Crippen LogP contribution in [0.1, 0.15) is 37.8 Å². The maximum Gasteiger partial charge on any atom is 0.149 e. The van der Waals surface area contributed by atoms with E-state index in [4.69, 9.17) is 0 Å². The predicted octanol–water partition coefficient (Wildman–Crippen LogP) is 3.19. The largest absolute Gasteiger partial charge is 0.396 e. The van der Waals surface area contributed by atoms with E-state index in [-0.39, 0.29) is 12.4 Å². The first kappa shape index (κ1) is 17.8. The zero-order valence-electron chi connectivity index (χ0n) is 15.3. The smallest absolute Gasteiger partial charge is 0.149 e. The van der Waals surface area contributed by atoms with Crippen LogP contribution in [0, 0.1) is 5.82 Å². The zero-order valence-corrected chi connectivity index (χ0v) is 15.3. The molecule has 1 aromatic carbocycles. The van der Waals surface area contributed by atoms with E-state index in [1.807, 2.05) is 18.2 Å². The highest BCUT2D eigenvalue weighted by Crippen LogP contribution is 2.28. The van der Waals surface area contributed by atoms with E-state index in [0.29, 0.717) is 17.6 Å². The van der Waals surface area contributed by atoms with E-state index in [1.165, 1.54) is 31.7 Å².